The second-order valence-electron chi connectivity index (χ2n) is 5.87. The average molecular weight is 363 g/mol. The van der Waals surface area contributed by atoms with Gasteiger partial charge in [0.25, 0.3) is 0 Å². The Labute approximate surface area is 144 Å². The lowest BCUT2D eigenvalue weighted by Gasteiger charge is -2.11. The molecule has 0 saturated carbocycles. The summed E-state index contributed by atoms with van der Waals surface area (Å²) < 4.78 is 40.6. The van der Waals surface area contributed by atoms with Crippen molar-refractivity contribution in [3.63, 3.8) is 0 Å². The highest BCUT2D eigenvalue weighted by Gasteiger charge is 2.33. The number of aryl methyl sites for hydroxylation is 1. The molecular weight excluding hydrogens is 351 g/mol. The number of phenolic OH excluding ortho intramolecular Hbond substituents is 1. The van der Waals surface area contributed by atoms with Crippen molar-refractivity contribution in [3.8, 4) is 11.4 Å². The van der Waals surface area contributed by atoms with Crippen LogP contribution in [0.25, 0.3) is 5.69 Å². The first kappa shape index (κ1) is 16.3. The second kappa shape index (κ2) is 5.68. The van der Waals surface area contributed by atoms with E-state index in [1.807, 2.05) is 0 Å². The summed E-state index contributed by atoms with van der Waals surface area (Å²) >= 11 is 0. The van der Waals surface area contributed by atoms with Crippen molar-refractivity contribution in [1.29, 1.82) is 0 Å². The van der Waals surface area contributed by atoms with E-state index in [1.54, 1.807) is 6.20 Å². The highest BCUT2D eigenvalue weighted by Crippen LogP contribution is 2.34. The van der Waals surface area contributed by atoms with E-state index in [-0.39, 0.29) is 11.7 Å². The molecule has 10 heteroatoms. The van der Waals surface area contributed by atoms with E-state index in [0.717, 1.165) is 16.8 Å². The molecule has 0 amide bonds. The van der Waals surface area contributed by atoms with Gasteiger partial charge in [0.1, 0.15) is 17.3 Å². The Hall–Kier alpha value is -3.17. The van der Waals surface area contributed by atoms with Crippen molar-refractivity contribution >= 4 is 0 Å². The van der Waals surface area contributed by atoms with E-state index < -0.39 is 23.2 Å². The molecule has 4 rings (SSSR count). The number of aromatic hydroxyl groups is 1. The standard InChI is InChI=1S/C16H12F3N5O2/c17-16(18,19)9-1-2-12(13(25)7-9)24-15(26)23-11(3-4-14(23)22-24)10-8-20-5-6-21-10/h1-2,5-8,11,25H,3-4H2/t11-/m0/s1. The van der Waals surface area contributed by atoms with Crippen LogP contribution in [-0.4, -0.2) is 29.4 Å². The SMILES string of the molecule is O=c1n(-c2ccc(C(F)(F)F)cc2O)nc2n1[C@H](c1cnccn1)CC2. The van der Waals surface area contributed by atoms with E-state index in [2.05, 4.69) is 15.1 Å². The maximum atomic E-state index is 12.8. The van der Waals surface area contributed by atoms with Gasteiger partial charge in [-0.05, 0) is 24.6 Å². The Bertz CT molecular complexity index is 1030. The zero-order chi connectivity index (χ0) is 18.5. The molecule has 1 atom stereocenters. The molecule has 0 unspecified atom stereocenters. The number of aromatic nitrogens is 5. The zero-order valence-corrected chi connectivity index (χ0v) is 13.2. The first-order valence-electron chi connectivity index (χ1n) is 7.73. The van der Waals surface area contributed by atoms with Crippen molar-refractivity contribution in [3.05, 3.63) is 64.4 Å². The smallest absolute Gasteiger partial charge is 0.416 e. The molecule has 3 aromatic rings. The number of phenols is 1. The molecule has 1 aliphatic heterocycles. The van der Waals surface area contributed by atoms with Crippen LogP contribution in [-0.2, 0) is 12.6 Å². The van der Waals surface area contributed by atoms with Crippen molar-refractivity contribution in [2.24, 2.45) is 0 Å². The van der Waals surface area contributed by atoms with Crippen LogP contribution in [0.5, 0.6) is 5.75 Å². The van der Waals surface area contributed by atoms with Crippen LogP contribution >= 0.6 is 0 Å². The summed E-state index contributed by atoms with van der Waals surface area (Å²) in [5.74, 6) is -0.195. The molecule has 0 radical (unpaired) electrons. The average Bonchev–Trinajstić information content (AvgIpc) is 3.15. The maximum Gasteiger partial charge on any atom is 0.416 e. The normalized spacial score (nSPS) is 16.7. The summed E-state index contributed by atoms with van der Waals surface area (Å²) in [5, 5.41) is 14.1. The number of nitrogens with zero attached hydrogens (tertiary/aromatic N) is 5. The van der Waals surface area contributed by atoms with Gasteiger partial charge < -0.3 is 5.11 Å². The topological polar surface area (TPSA) is 85.8 Å². The molecule has 0 spiro atoms. The van der Waals surface area contributed by atoms with Crippen molar-refractivity contribution in [2.45, 2.75) is 25.1 Å². The quantitative estimate of drug-likeness (QED) is 0.753. The van der Waals surface area contributed by atoms with E-state index in [4.69, 9.17) is 0 Å². The maximum absolute atomic E-state index is 12.8. The molecule has 134 valence electrons. The van der Waals surface area contributed by atoms with Crippen LogP contribution in [0.15, 0.2) is 41.6 Å². The molecule has 3 heterocycles. The van der Waals surface area contributed by atoms with Gasteiger partial charge in [-0.1, -0.05) is 0 Å². The van der Waals surface area contributed by atoms with E-state index in [1.165, 1.54) is 17.0 Å². The molecule has 1 N–H and O–H groups in total. The van der Waals surface area contributed by atoms with Crippen LogP contribution in [0, 0.1) is 0 Å². The Morgan fingerprint density at radius 3 is 2.69 bits per heavy atom. The van der Waals surface area contributed by atoms with E-state index in [9.17, 15) is 23.1 Å². The van der Waals surface area contributed by atoms with Gasteiger partial charge in [-0.15, -0.1) is 5.10 Å². The third-order valence-corrected chi connectivity index (χ3v) is 4.29. The lowest BCUT2D eigenvalue weighted by Crippen LogP contribution is -2.27. The molecule has 0 fully saturated rings. The second-order valence-corrected chi connectivity index (χ2v) is 5.87. The molecule has 0 saturated heterocycles. The first-order chi connectivity index (χ1) is 12.4. The summed E-state index contributed by atoms with van der Waals surface area (Å²) in [4.78, 5) is 21.0. The molecule has 2 aromatic heterocycles. The summed E-state index contributed by atoms with van der Waals surface area (Å²) in [7, 11) is 0. The molecule has 26 heavy (non-hydrogen) atoms. The van der Waals surface area contributed by atoms with Gasteiger partial charge in [0.05, 0.1) is 23.5 Å². The van der Waals surface area contributed by atoms with Crippen LogP contribution in [0.3, 0.4) is 0 Å². The summed E-state index contributed by atoms with van der Waals surface area (Å²) in [6, 6.07) is 2.05. The fraction of sp³-hybridized carbons (Fsp3) is 0.250. The van der Waals surface area contributed by atoms with Gasteiger partial charge in [0.15, 0.2) is 0 Å². The Balaban J connectivity index is 1.79. The number of hydrogen-bond donors (Lipinski definition) is 1. The lowest BCUT2D eigenvalue weighted by molar-refractivity contribution is -0.137. The van der Waals surface area contributed by atoms with Crippen LogP contribution in [0.1, 0.15) is 29.5 Å². The van der Waals surface area contributed by atoms with Crippen molar-refractivity contribution in [1.82, 2.24) is 24.3 Å². The molecule has 0 bridgehead atoms. The van der Waals surface area contributed by atoms with Crippen LogP contribution < -0.4 is 5.69 Å². The van der Waals surface area contributed by atoms with Crippen LogP contribution in [0.4, 0.5) is 13.2 Å². The minimum Gasteiger partial charge on any atom is -0.506 e. The van der Waals surface area contributed by atoms with Gasteiger partial charge in [-0.25, -0.2) is 4.79 Å². The minimum atomic E-state index is -4.59. The number of hydrogen-bond acceptors (Lipinski definition) is 5. The molecule has 1 aliphatic rings. The van der Waals surface area contributed by atoms with E-state index >= 15 is 0 Å². The Morgan fingerprint density at radius 2 is 2.04 bits per heavy atom. The summed E-state index contributed by atoms with van der Waals surface area (Å²) in [6.07, 6.45) is 1.13. The van der Waals surface area contributed by atoms with Gasteiger partial charge in [0, 0.05) is 18.8 Å². The van der Waals surface area contributed by atoms with Gasteiger partial charge in [-0.2, -0.15) is 17.9 Å². The molecule has 1 aromatic carbocycles. The van der Waals surface area contributed by atoms with Crippen LogP contribution in [0.2, 0.25) is 0 Å². The van der Waals surface area contributed by atoms with E-state index in [0.29, 0.717) is 30.4 Å². The third-order valence-electron chi connectivity index (χ3n) is 4.29. The summed E-state index contributed by atoms with van der Waals surface area (Å²) in [5.41, 5.74) is -1.06. The highest BCUT2D eigenvalue weighted by atomic mass is 19.4. The van der Waals surface area contributed by atoms with Gasteiger partial charge >= 0.3 is 11.9 Å². The predicted molar refractivity (Wildman–Crippen MR) is 83.0 cm³/mol. The number of fused-ring (bicyclic) bond motifs is 1. The van der Waals surface area contributed by atoms with Gasteiger partial charge in [-0.3, -0.25) is 14.5 Å². The fourth-order valence-corrected chi connectivity index (χ4v) is 3.10. The molecule has 7 nitrogen and oxygen atoms in total. The largest absolute Gasteiger partial charge is 0.506 e. The van der Waals surface area contributed by atoms with Crippen molar-refractivity contribution < 1.29 is 18.3 Å². The van der Waals surface area contributed by atoms with Gasteiger partial charge in [0.2, 0.25) is 0 Å². The number of benzene rings is 1. The predicted octanol–water partition coefficient (Wildman–Crippen LogP) is 2.08. The number of alkyl halides is 3. The monoisotopic (exact) mass is 363 g/mol. The Kier molecular flexibility index (Phi) is 3.56. The molecule has 0 aliphatic carbocycles. The number of rotatable bonds is 2. The molecular formula is C16H12F3N5O2. The lowest BCUT2D eigenvalue weighted by atomic mass is 10.1. The summed E-state index contributed by atoms with van der Waals surface area (Å²) in [6.45, 7) is 0. The minimum absolute atomic E-state index is 0.109. The third kappa shape index (κ3) is 2.54. The van der Waals surface area contributed by atoms with Crippen molar-refractivity contribution in [2.75, 3.05) is 0 Å². The zero-order valence-electron chi connectivity index (χ0n) is 13.2. The Morgan fingerprint density at radius 1 is 1.23 bits per heavy atom. The number of halogens is 3. The highest BCUT2D eigenvalue weighted by molar-refractivity contribution is 5.48. The fourth-order valence-electron chi connectivity index (χ4n) is 3.10. The first-order valence-corrected chi connectivity index (χ1v) is 7.73.